The fourth-order valence-electron chi connectivity index (χ4n) is 2.71. The Kier molecular flexibility index (Phi) is 9.85. The summed E-state index contributed by atoms with van der Waals surface area (Å²) in [5, 5.41) is 24.5. The van der Waals surface area contributed by atoms with Crippen LogP contribution in [0.25, 0.3) is 6.08 Å². The van der Waals surface area contributed by atoms with E-state index in [4.69, 9.17) is 0 Å². The molecule has 2 atom stereocenters. The minimum absolute atomic E-state index is 0.111. The van der Waals surface area contributed by atoms with Gasteiger partial charge in [0, 0.05) is 24.1 Å². The van der Waals surface area contributed by atoms with Crippen LogP contribution in [-0.2, 0) is 14.8 Å². The maximum Gasteiger partial charge on any atom is 0.269 e. The number of rotatable bonds is 12. The first-order chi connectivity index (χ1) is 15.2. The van der Waals surface area contributed by atoms with E-state index in [1.807, 2.05) is 12.3 Å². The lowest BCUT2D eigenvalue weighted by molar-refractivity contribution is -0.384. The van der Waals surface area contributed by atoms with Crippen LogP contribution in [0.1, 0.15) is 23.7 Å². The second-order valence-corrected chi connectivity index (χ2v) is 9.40. The second kappa shape index (κ2) is 12.3. The first kappa shape index (κ1) is 25.5. The molecule has 32 heavy (non-hydrogen) atoms. The molecule has 0 unspecified atom stereocenters. The Bertz CT molecular complexity index is 1030. The molecule has 3 N–H and O–H groups in total. The van der Waals surface area contributed by atoms with Crippen molar-refractivity contribution in [3.05, 3.63) is 81.2 Å². The fraction of sp³-hybridized carbons (Fsp3) is 0.286. The van der Waals surface area contributed by atoms with Gasteiger partial charge in [0.1, 0.15) is 6.04 Å². The van der Waals surface area contributed by atoms with Gasteiger partial charge in [0.05, 0.1) is 11.0 Å². The van der Waals surface area contributed by atoms with E-state index in [2.05, 4.69) is 10.0 Å². The molecule has 0 aromatic heterocycles. The maximum absolute atomic E-state index is 12.6. The van der Waals surface area contributed by atoms with Gasteiger partial charge in [0.2, 0.25) is 15.9 Å². The lowest BCUT2D eigenvalue weighted by atomic mass is 10.1. The van der Waals surface area contributed by atoms with E-state index >= 15 is 0 Å². The maximum atomic E-state index is 12.6. The third-order valence-corrected chi connectivity index (χ3v) is 6.18. The van der Waals surface area contributed by atoms with Crippen LogP contribution in [0.3, 0.4) is 0 Å². The van der Waals surface area contributed by atoms with E-state index in [0.29, 0.717) is 16.9 Å². The van der Waals surface area contributed by atoms with E-state index in [1.54, 1.807) is 24.3 Å². The number of hydrogen-bond acceptors (Lipinski definition) is 7. The number of thioether (sulfide) groups is 1. The number of amides is 1. The van der Waals surface area contributed by atoms with Crippen LogP contribution in [0.4, 0.5) is 5.69 Å². The first-order valence-corrected chi connectivity index (χ1v) is 12.6. The predicted octanol–water partition coefficient (Wildman–Crippen LogP) is 2.46. The first-order valence-electron chi connectivity index (χ1n) is 9.66. The van der Waals surface area contributed by atoms with Crippen LogP contribution < -0.4 is 10.0 Å². The molecule has 172 valence electrons. The molecule has 9 nitrogen and oxygen atoms in total. The average molecular weight is 480 g/mol. The van der Waals surface area contributed by atoms with Gasteiger partial charge in [0.15, 0.2) is 0 Å². The molecule has 2 rings (SSSR count). The molecule has 0 radical (unpaired) electrons. The summed E-state index contributed by atoms with van der Waals surface area (Å²) in [5.74, 6) is -0.0230. The number of nitrogens with one attached hydrogen (secondary N) is 2. The van der Waals surface area contributed by atoms with Crippen molar-refractivity contribution in [2.24, 2.45) is 0 Å². The van der Waals surface area contributed by atoms with Crippen molar-refractivity contribution in [3.63, 3.8) is 0 Å². The number of carbonyl (C=O) groups is 1. The number of sulfonamides is 1. The monoisotopic (exact) mass is 479 g/mol. The Labute approximate surface area is 191 Å². The number of non-ortho nitro benzene ring substituents is 1. The highest BCUT2D eigenvalue weighted by atomic mass is 32.2. The van der Waals surface area contributed by atoms with Gasteiger partial charge in [-0.1, -0.05) is 30.3 Å². The average Bonchev–Trinajstić information content (AvgIpc) is 2.79. The molecular weight excluding hydrogens is 454 g/mol. The number of carbonyl (C=O) groups excluding carboxylic acids is 1. The van der Waals surface area contributed by atoms with Crippen LogP contribution in [-0.4, -0.2) is 49.0 Å². The summed E-state index contributed by atoms with van der Waals surface area (Å²) in [6, 6.07) is 13.2. The number of aliphatic hydroxyl groups excluding tert-OH is 1. The smallest absolute Gasteiger partial charge is 0.269 e. The Balaban J connectivity index is 2.00. The number of hydrogen-bond donors (Lipinski definition) is 3. The molecule has 1 amide bonds. The number of nitro benzene ring substituents is 1. The van der Waals surface area contributed by atoms with Gasteiger partial charge in [-0.05, 0) is 47.8 Å². The second-order valence-electron chi connectivity index (χ2n) is 6.82. The van der Waals surface area contributed by atoms with Gasteiger partial charge in [0.25, 0.3) is 5.69 Å². The van der Waals surface area contributed by atoms with Crippen molar-refractivity contribution in [2.75, 3.05) is 18.6 Å². The van der Waals surface area contributed by atoms with E-state index < -0.39 is 33.0 Å². The molecule has 2 aromatic carbocycles. The third-order valence-electron chi connectivity index (χ3n) is 4.43. The quantitative estimate of drug-likeness (QED) is 0.314. The van der Waals surface area contributed by atoms with Gasteiger partial charge in [-0.25, -0.2) is 8.42 Å². The van der Waals surface area contributed by atoms with Crippen LogP contribution in [0.15, 0.2) is 60.0 Å². The van der Waals surface area contributed by atoms with Crippen molar-refractivity contribution in [1.29, 1.82) is 0 Å². The van der Waals surface area contributed by atoms with E-state index in [-0.39, 0.29) is 18.7 Å². The summed E-state index contributed by atoms with van der Waals surface area (Å²) in [7, 11) is -3.89. The van der Waals surface area contributed by atoms with E-state index in [9.17, 15) is 28.4 Å². The zero-order valence-corrected chi connectivity index (χ0v) is 19.0. The summed E-state index contributed by atoms with van der Waals surface area (Å²) >= 11 is 1.47. The summed E-state index contributed by atoms with van der Waals surface area (Å²) in [6.45, 7) is -0.173. The highest BCUT2D eigenvalue weighted by Crippen LogP contribution is 2.17. The fourth-order valence-corrected chi connectivity index (χ4v) is 4.21. The van der Waals surface area contributed by atoms with Crippen molar-refractivity contribution in [3.8, 4) is 0 Å². The summed E-state index contributed by atoms with van der Waals surface area (Å²) < 4.78 is 27.3. The lowest BCUT2D eigenvalue weighted by Gasteiger charge is -2.19. The minimum atomic E-state index is -3.89. The molecule has 0 saturated carbocycles. The highest BCUT2D eigenvalue weighted by Gasteiger charge is 2.23. The van der Waals surface area contributed by atoms with Gasteiger partial charge >= 0.3 is 0 Å². The van der Waals surface area contributed by atoms with Gasteiger partial charge in [-0.2, -0.15) is 16.5 Å². The summed E-state index contributed by atoms with van der Waals surface area (Å²) in [4.78, 5) is 22.8. The standard InChI is InChI=1S/C21H25N3O6S2/c1-31-13-11-19(23-32(29,30)14-12-16-5-3-2-4-6-16)21(26)22-15-20(25)17-7-9-18(10-8-17)24(27)28/h2-10,12,14,19-20,23,25H,11,13,15H2,1H3,(H,22,26)/b14-12+/t19-,20+/m1/s1. The summed E-state index contributed by atoms with van der Waals surface area (Å²) in [6.07, 6.45) is 2.44. The molecule has 0 aliphatic rings. The van der Waals surface area contributed by atoms with Crippen molar-refractivity contribution in [1.82, 2.24) is 10.0 Å². The Morgan fingerprint density at radius 3 is 2.44 bits per heavy atom. The molecule has 0 spiro atoms. The van der Waals surface area contributed by atoms with Gasteiger partial charge in [-0.3, -0.25) is 14.9 Å². The molecule has 11 heteroatoms. The van der Waals surface area contributed by atoms with Crippen LogP contribution >= 0.6 is 11.8 Å². The van der Waals surface area contributed by atoms with E-state index in [1.165, 1.54) is 42.1 Å². The SMILES string of the molecule is CSCC[C@@H](NS(=O)(=O)/C=C/c1ccccc1)C(=O)NC[C@H](O)c1ccc([N+](=O)[O-])cc1. The number of benzene rings is 2. The Morgan fingerprint density at radius 2 is 1.84 bits per heavy atom. The zero-order valence-electron chi connectivity index (χ0n) is 17.4. The normalized spacial score (nSPS) is 13.6. The highest BCUT2D eigenvalue weighted by molar-refractivity contribution is 7.98. The van der Waals surface area contributed by atoms with E-state index in [0.717, 1.165) is 5.41 Å². The van der Waals surface area contributed by atoms with Crippen molar-refractivity contribution < 1.29 is 23.2 Å². The molecule has 0 aliphatic heterocycles. The molecule has 0 bridgehead atoms. The van der Waals surface area contributed by atoms with Crippen LogP contribution in [0.5, 0.6) is 0 Å². The summed E-state index contributed by atoms with van der Waals surface area (Å²) in [5.41, 5.74) is 0.984. The molecule has 2 aromatic rings. The molecule has 0 fully saturated rings. The van der Waals surface area contributed by atoms with Crippen LogP contribution in [0.2, 0.25) is 0 Å². The van der Waals surface area contributed by atoms with Crippen molar-refractivity contribution in [2.45, 2.75) is 18.6 Å². The van der Waals surface area contributed by atoms with Crippen LogP contribution in [0, 0.1) is 10.1 Å². The number of nitrogens with zero attached hydrogens (tertiary/aromatic N) is 1. The molecule has 0 aliphatic carbocycles. The number of nitro groups is 1. The van der Waals surface area contributed by atoms with Crippen molar-refractivity contribution >= 4 is 39.5 Å². The van der Waals surface area contributed by atoms with Gasteiger partial charge in [-0.15, -0.1) is 0 Å². The topological polar surface area (TPSA) is 139 Å². The number of aliphatic hydroxyl groups is 1. The minimum Gasteiger partial charge on any atom is -0.387 e. The zero-order chi connectivity index (χ0) is 23.6. The Morgan fingerprint density at radius 1 is 1.19 bits per heavy atom. The molecule has 0 saturated heterocycles. The van der Waals surface area contributed by atoms with Gasteiger partial charge < -0.3 is 10.4 Å². The third kappa shape index (κ3) is 8.42. The largest absolute Gasteiger partial charge is 0.387 e. The lowest BCUT2D eigenvalue weighted by Crippen LogP contribution is -2.47. The molecule has 0 heterocycles. The molecular formula is C21H25N3O6S2. The Hall–Kier alpha value is -2.73. The predicted molar refractivity (Wildman–Crippen MR) is 125 cm³/mol.